The number of hydrogen-bond donors (Lipinski definition) is 1. The molecule has 0 aliphatic heterocycles. The quantitative estimate of drug-likeness (QED) is 0.710. The summed E-state index contributed by atoms with van der Waals surface area (Å²) >= 11 is 0. The first-order valence-electron chi connectivity index (χ1n) is 4.98. The van der Waals surface area contributed by atoms with Crippen molar-refractivity contribution < 1.29 is 0 Å². The molecule has 0 unspecified atom stereocenters. The molecule has 0 amide bonds. The summed E-state index contributed by atoms with van der Waals surface area (Å²) in [6.45, 7) is 8.05. The molecule has 2 rings (SSSR count). The van der Waals surface area contributed by atoms with Gasteiger partial charge in [0, 0.05) is 23.2 Å². The molecular weight excluding hydrogens is 190 g/mol. The van der Waals surface area contributed by atoms with E-state index in [4.69, 9.17) is 0 Å². The number of aromatic amines is 1. The van der Waals surface area contributed by atoms with E-state index in [1.165, 1.54) is 4.52 Å². The lowest BCUT2D eigenvalue weighted by atomic mass is 9.92. The number of aryl methyl sites for hydroxylation is 1. The minimum absolute atomic E-state index is 0.0574. The lowest BCUT2D eigenvalue weighted by Crippen LogP contribution is -2.21. The molecule has 4 nitrogen and oxygen atoms in total. The zero-order valence-electron chi connectivity index (χ0n) is 9.46. The monoisotopic (exact) mass is 205 g/mol. The summed E-state index contributed by atoms with van der Waals surface area (Å²) in [5.41, 5.74) is 2.29. The summed E-state index contributed by atoms with van der Waals surface area (Å²) < 4.78 is 1.46. The van der Waals surface area contributed by atoms with Gasteiger partial charge in [-0.25, -0.2) is 9.50 Å². The molecule has 0 saturated carbocycles. The van der Waals surface area contributed by atoms with Crippen molar-refractivity contribution in [2.75, 3.05) is 0 Å². The minimum Gasteiger partial charge on any atom is -0.294 e. The zero-order chi connectivity index (χ0) is 11.2. The molecule has 0 bridgehead atoms. The van der Waals surface area contributed by atoms with Crippen molar-refractivity contribution in [1.29, 1.82) is 0 Å². The van der Waals surface area contributed by atoms with Gasteiger partial charge in [-0.1, -0.05) is 20.8 Å². The van der Waals surface area contributed by atoms with Crippen molar-refractivity contribution in [3.63, 3.8) is 0 Å². The Hall–Kier alpha value is -1.58. The highest BCUT2D eigenvalue weighted by atomic mass is 16.1. The highest BCUT2D eigenvalue weighted by Crippen LogP contribution is 2.18. The zero-order valence-corrected chi connectivity index (χ0v) is 9.46. The van der Waals surface area contributed by atoms with Gasteiger partial charge < -0.3 is 0 Å². The summed E-state index contributed by atoms with van der Waals surface area (Å²) in [5, 5.41) is 2.95. The molecule has 0 atom stereocenters. The van der Waals surface area contributed by atoms with E-state index < -0.39 is 0 Å². The second-order valence-electron chi connectivity index (χ2n) is 4.86. The van der Waals surface area contributed by atoms with E-state index in [1.807, 2.05) is 33.8 Å². The van der Waals surface area contributed by atoms with Gasteiger partial charge in [0.2, 0.25) is 0 Å². The van der Waals surface area contributed by atoms with E-state index in [0.717, 1.165) is 11.4 Å². The van der Waals surface area contributed by atoms with Crippen LogP contribution in [-0.2, 0) is 5.41 Å². The van der Waals surface area contributed by atoms with Gasteiger partial charge in [0.1, 0.15) is 0 Å². The molecule has 2 heterocycles. The standard InChI is InChI=1S/C11H15N3O/c1-7-5-9-12-8(11(2,3)4)6-10(15)14(9)13-7/h5-6,13H,1-4H3. The molecule has 1 N–H and O–H groups in total. The molecular formula is C11H15N3O. The molecule has 0 aliphatic carbocycles. The smallest absolute Gasteiger partial charge is 0.272 e. The van der Waals surface area contributed by atoms with E-state index in [1.54, 1.807) is 6.07 Å². The molecule has 15 heavy (non-hydrogen) atoms. The van der Waals surface area contributed by atoms with Crippen LogP contribution in [0.2, 0.25) is 0 Å². The number of hydrogen-bond acceptors (Lipinski definition) is 2. The normalized spacial score (nSPS) is 12.3. The minimum atomic E-state index is -0.0981. The lowest BCUT2D eigenvalue weighted by Gasteiger charge is -2.16. The van der Waals surface area contributed by atoms with Gasteiger partial charge in [-0.05, 0) is 6.92 Å². The number of H-pyrrole nitrogens is 1. The topological polar surface area (TPSA) is 50.2 Å². The summed E-state index contributed by atoms with van der Waals surface area (Å²) in [4.78, 5) is 16.2. The van der Waals surface area contributed by atoms with Gasteiger partial charge in [-0.15, -0.1) is 0 Å². The van der Waals surface area contributed by atoms with E-state index >= 15 is 0 Å². The predicted molar refractivity (Wildman–Crippen MR) is 59.2 cm³/mol. The van der Waals surface area contributed by atoms with Crippen LogP contribution < -0.4 is 5.56 Å². The highest BCUT2D eigenvalue weighted by Gasteiger charge is 2.17. The van der Waals surface area contributed by atoms with E-state index in [9.17, 15) is 4.79 Å². The Morgan fingerprint density at radius 3 is 2.60 bits per heavy atom. The number of nitrogens with one attached hydrogen (secondary N) is 1. The van der Waals surface area contributed by atoms with Crippen LogP contribution in [0.1, 0.15) is 32.2 Å². The molecule has 0 aliphatic rings. The Balaban J connectivity index is 2.78. The third-order valence-corrected chi connectivity index (χ3v) is 2.35. The van der Waals surface area contributed by atoms with Crippen molar-refractivity contribution in [2.24, 2.45) is 0 Å². The highest BCUT2D eigenvalue weighted by molar-refractivity contribution is 5.40. The predicted octanol–water partition coefficient (Wildman–Crippen LogP) is 1.63. The van der Waals surface area contributed by atoms with Crippen molar-refractivity contribution in [2.45, 2.75) is 33.1 Å². The fraction of sp³-hybridized carbons (Fsp3) is 0.455. The number of nitrogens with zero attached hydrogens (tertiary/aromatic N) is 2. The Morgan fingerprint density at radius 2 is 2.00 bits per heavy atom. The average Bonchev–Trinajstić information content (AvgIpc) is 2.44. The average molecular weight is 205 g/mol. The lowest BCUT2D eigenvalue weighted by molar-refractivity contribution is 0.566. The van der Waals surface area contributed by atoms with E-state index in [2.05, 4.69) is 10.1 Å². The maximum absolute atomic E-state index is 11.8. The third-order valence-electron chi connectivity index (χ3n) is 2.35. The van der Waals surface area contributed by atoms with Crippen LogP contribution in [0.25, 0.3) is 5.65 Å². The van der Waals surface area contributed by atoms with Gasteiger partial charge in [0.25, 0.3) is 5.56 Å². The largest absolute Gasteiger partial charge is 0.294 e. The van der Waals surface area contributed by atoms with Gasteiger partial charge in [-0.2, -0.15) is 0 Å². The van der Waals surface area contributed by atoms with Gasteiger partial charge in [-0.3, -0.25) is 9.89 Å². The first-order chi connectivity index (χ1) is 6.88. The van der Waals surface area contributed by atoms with Crippen LogP contribution in [0.3, 0.4) is 0 Å². The van der Waals surface area contributed by atoms with Gasteiger partial charge >= 0.3 is 0 Å². The first-order valence-corrected chi connectivity index (χ1v) is 4.98. The number of fused-ring (bicyclic) bond motifs is 1. The molecule has 0 saturated heterocycles. The summed E-state index contributed by atoms with van der Waals surface area (Å²) in [5.74, 6) is 0. The van der Waals surface area contributed by atoms with Crippen LogP contribution in [0.5, 0.6) is 0 Å². The maximum atomic E-state index is 11.8. The summed E-state index contributed by atoms with van der Waals surface area (Å²) in [6.07, 6.45) is 0. The molecule has 80 valence electrons. The molecule has 0 spiro atoms. The van der Waals surface area contributed by atoms with Gasteiger partial charge in [0.15, 0.2) is 5.65 Å². The molecule has 2 aromatic rings. The molecule has 4 heteroatoms. The molecule has 0 radical (unpaired) electrons. The fourth-order valence-corrected chi connectivity index (χ4v) is 1.50. The van der Waals surface area contributed by atoms with Crippen molar-refractivity contribution in [3.8, 4) is 0 Å². The molecule has 0 fully saturated rings. The molecule has 2 aromatic heterocycles. The van der Waals surface area contributed by atoms with Crippen LogP contribution in [0.4, 0.5) is 0 Å². The van der Waals surface area contributed by atoms with Crippen LogP contribution in [0, 0.1) is 6.92 Å². The van der Waals surface area contributed by atoms with Crippen LogP contribution in [-0.4, -0.2) is 14.6 Å². The van der Waals surface area contributed by atoms with Crippen molar-refractivity contribution in [3.05, 3.63) is 33.9 Å². The van der Waals surface area contributed by atoms with Crippen LogP contribution in [0.15, 0.2) is 16.9 Å². The Bertz CT molecular complexity index is 557. The summed E-state index contributed by atoms with van der Waals surface area (Å²) in [6, 6.07) is 3.46. The maximum Gasteiger partial charge on any atom is 0.272 e. The second kappa shape index (κ2) is 2.95. The number of rotatable bonds is 0. The fourth-order valence-electron chi connectivity index (χ4n) is 1.50. The third kappa shape index (κ3) is 1.67. The summed E-state index contributed by atoms with van der Waals surface area (Å²) in [7, 11) is 0. The van der Waals surface area contributed by atoms with Crippen molar-refractivity contribution >= 4 is 5.65 Å². The Morgan fingerprint density at radius 1 is 1.33 bits per heavy atom. The van der Waals surface area contributed by atoms with E-state index in [0.29, 0.717) is 5.65 Å². The molecule has 0 aromatic carbocycles. The second-order valence-corrected chi connectivity index (χ2v) is 4.86. The van der Waals surface area contributed by atoms with E-state index in [-0.39, 0.29) is 11.0 Å². The number of aromatic nitrogens is 3. The SMILES string of the molecule is Cc1cc2nc(C(C)(C)C)cc(=O)n2[nH]1. The van der Waals surface area contributed by atoms with Crippen molar-refractivity contribution in [1.82, 2.24) is 14.6 Å². The van der Waals surface area contributed by atoms with Gasteiger partial charge in [0.05, 0.1) is 5.69 Å². The Kier molecular flexibility index (Phi) is 1.96. The Labute approximate surface area is 87.9 Å². The first kappa shape index (κ1) is 9.96. The van der Waals surface area contributed by atoms with Crippen LogP contribution >= 0.6 is 0 Å².